The van der Waals surface area contributed by atoms with E-state index in [9.17, 15) is 19.2 Å². The minimum Gasteiger partial charge on any atom is -0.469 e. The molecule has 1 aromatic carbocycles. The lowest BCUT2D eigenvalue weighted by molar-refractivity contribution is -0.140. The molecule has 0 saturated carbocycles. The molecule has 2 atom stereocenters. The lowest BCUT2D eigenvalue weighted by Crippen LogP contribution is -2.41. The number of amides is 3. The molecule has 172 valence electrons. The van der Waals surface area contributed by atoms with Crippen LogP contribution in [0.5, 0.6) is 0 Å². The molecule has 1 saturated heterocycles. The first-order valence-electron chi connectivity index (χ1n) is 9.57. The van der Waals surface area contributed by atoms with Crippen LogP contribution in [0.3, 0.4) is 0 Å². The Hall–Kier alpha value is -3.41. The van der Waals surface area contributed by atoms with Crippen LogP contribution in [0.25, 0.3) is 0 Å². The first-order valence-corrected chi connectivity index (χ1v) is 10.5. The van der Waals surface area contributed by atoms with Gasteiger partial charge in [0, 0.05) is 30.8 Å². The van der Waals surface area contributed by atoms with Gasteiger partial charge in [0.05, 0.1) is 20.6 Å². The average Bonchev–Trinajstić information content (AvgIpc) is 3.07. The van der Waals surface area contributed by atoms with Crippen molar-refractivity contribution in [2.24, 2.45) is 15.7 Å². The minimum absolute atomic E-state index is 0.0388. The number of thioether (sulfide) groups is 1. The third-order valence-corrected chi connectivity index (χ3v) is 6.16. The Kier molecular flexibility index (Phi) is 8.76. The second kappa shape index (κ2) is 11.3. The van der Waals surface area contributed by atoms with Gasteiger partial charge in [0.25, 0.3) is 5.91 Å². The number of hydrogen-bond acceptors (Lipinski definition) is 7. The molecule has 3 N–H and O–H groups in total. The highest BCUT2D eigenvalue weighted by Gasteiger charge is 2.39. The van der Waals surface area contributed by atoms with E-state index in [2.05, 4.69) is 24.8 Å². The predicted octanol–water partition coefficient (Wildman–Crippen LogP) is 0.770. The van der Waals surface area contributed by atoms with Gasteiger partial charge < -0.3 is 25.4 Å². The zero-order chi connectivity index (χ0) is 23.8. The molecule has 12 heteroatoms. The summed E-state index contributed by atoms with van der Waals surface area (Å²) in [7, 11) is 4.22. The van der Waals surface area contributed by atoms with Crippen LogP contribution in [-0.2, 0) is 19.1 Å². The monoisotopic (exact) mass is 463 g/mol. The van der Waals surface area contributed by atoms with Crippen molar-refractivity contribution in [2.45, 2.75) is 24.6 Å². The summed E-state index contributed by atoms with van der Waals surface area (Å²) in [6, 6.07) is 5.91. The van der Waals surface area contributed by atoms with Crippen LogP contribution in [0.1, 0.15) is 29.3 Å². The van der Waals surface area contributed by atoms with Gasteiger partial charge in [-0.05, 0) is 19.1 Å². The third kappa shape index (κ3) is 6.30. The molecule has 1 aliphatic rings. The molecule has 2 unspecified atom stereocenters. The summed E-state index contributed by atoms with van der Waals surface area (Å²) in [4.78, 5) is 56.9. The largest absolute Gasteiger partial charge is 0.469 e. The predicted molar refractivity (Wildman–Crippen MR) is 120 cm³/mol. The highest BCUT2D eigenvalue weighted by molar-refractivity contribution is 8.15. The maximum absolute atomic E-state index is 12.6. The zero-order valence-corrected chi connectivity index (χ0v) is 19.0. The number of esters is 1. The van der Waals surface area contributed by atoms with Crippen LogP contribution >= 0.6 is 11.8 Å². The van der Waals surface area contributed by atoms with E-state index in [4.69, 9.17) is 5.73 Å². The first-order chi connectivity index (χ1) is 15.2. The number of aliphatic imine (C=N–C) groups is 2. The van der Waals surface area contributed by atoms with Crippen molar-refractivity contribution in [3.05, 3.63) is 35.4 Å². The molecule has 0 spiro atoms. The molecule has 1 heterocycles. The summed E-state index contributed by atoms with van der Waals surface area (Å²) in [5.74, 6) is -1.19. The molecular formula is C20H25N5O6S. The van der Waals surface area contributed by atoms with Crippen LogP contribution in [0, 0.1) is 0 Å². The van der Waals surface area contributed by atoms with Crippen LogP contribution < -0.4 is 11.1 Å². The molecule has 0 bridgehead atoms. The Morgan fingerprint density at radius 2 is 1.75 bits per heavy atom. The summed E-state index contributed by atoms with van der Waals surface area (Å²) in [6.07, 6.45) is -0.748. The van der Waals surface area contributed by atoms with Crippen molar-refractivity contribution in [1.82, 2.24) is 10.2 Å². The second-order valence-corrected chi connectivity index (χ2v) is 7.86. The van der Waals surface area contributed by atoms with Crippen molar-refractivity contribution >= 4 is 46.6 Å². The number of rotatable bonds is 6. The third-order valence-electron chi connectivity index (χ3n) is 4.71. The summed E-state index contributed by atoms with van der Waals surface area (Å²) >= 11 is 1.18. The van der Waals surface area contributed by atoms with E-state index in [1.807, 2.05) is 6.92 Å². The maximum atomic E-state index is 12.6. The number of methoxy groups -OCH3 is 2. The molecule has 0 aliphatic carbocycles. The minimum atomic E-state index is -0.826. The molecule has 1 fully saturated rings. The van der Waals surface area contributed by atoms with Gasteiger partial charge in [-0.1, -0.05) is 23.9 Å². The number of benzene rings is 1. The van der Waals surface area contributed by atoms with E-state index in [0.717, 1.165) is 0 Å². The fraction of sp³-hybridized carbons (Fsp3) is 0.400. The number of hydrogen-bond donors (Lipinski definition) is 2. The van der Waals surface area contributed by atoms with Gasteiger partial charge >= 0.3 is 12.1 Å². The summed E-state index contributed by atoms with van der Waals surface area (Å²) in [6.45, 7) is 2.02. The van der Waals surface area contributed by atoms with E-state index in [-0.39, 0.29) is 30.8 Å². The molecular weight excluding hydrogens is 438 g/mol. The Morgan fingerprint density at radius 3 is 2.34 bits per heavy atom. The van der Waals surface area contributed by atoms with Gasteiger partial charge in [-0.15, -0.1) is 0 Å². The second-order valence-electron chi connectivity index (χ2n) is 6.75. The van der Waals surface area contributed by atoms with E-state index in [0.29, 0.717) is 16.3 Å². The fourth-order valence-corrected chi connectivity index (χ4v) is 3.95. The average molecular weight is 464 g/mol. The first kappa shape index (κ1) is 24.9. The van der Waals surface area contributed by atoms with Gasteiger partial charge in [0.15, 0.2) is 5.17 Å². The molecule has 0 aromatic heterocycles. The van der Waals surface area contributed by atoms with Crippen molar-refractivity contribution < 1.29 is 28.7 Å². The van der Waals surface area contributed by atoms with Crippen LogP contribution in [0.15, 0.2) is 34.3 Å². The van der Waals surface area contributed by atoms with Crippen molar-refractivity contribution in [2.75, 3.05) is 27.8 Å². The molecule has 0 radical (unpaired) electrons. The Bertz CT molecular complexity index is 946. The summed E-state index contributed by atoms with van der Waals surface area (Å²) in [5.41, 5.74) is 6.48. The van der Waals surface area contributed by atoms with E-state index < -0.39 is 23.2 Å². The molecule has 32 heavy (non-hydrogen) atoms. The molecule has 3 amide bonds. The fourth-order valence-electron chi connectivity index (χ4n) is 2.68. The quantitative estimate of drug-likeness (QED) is 0.354. The number of nitrogens with two attached hydrogens (primary N) is 1. The number of carbonyl (C=O) groups is 4. The number of nitrogens with one attached hydrogen (secondary N) is 1. The number of carbonyl (C=O) groups excluding carboxylic acids is 4. The highest BCUT2D eigenvalue weighted by atomic mass is 32.2. The van der Waals surface area contributed by atoms with Gasteiger partial charge in [-0.25, -0.2) is 4.79 Å². The maximum Gasteiger partial charge on any atom is 0.435 e. The van der Waals surface area contributed by atoms with Gasteiger partial charge in [0.2, 0.25) is 5.91 Å². The number of amidine groups is 2. The van der Waals surface area contributed by atoms with E-state index >= 15 is 0 Å². The number of nitrogens with zero attached hydrogens (tertiary/aromatic N) is 3. The van der Waals surface area contributed by atoms with E-state index in [1.54, 1.807) is 24.1 Å². The number of ether oxygens (including phenoxy) is 2. The molecule has 2 rings (SSSR count). The molecule has 1 aromatic rings. The van der Waals surface area contributed by atoms with Gasteiger partial charge in [-0.2, -0.15) is 9.98 Å². The Morgan fingerprint density at radius 1 is 1.12 bits per heavy atom. The smallest absolute Gasteiger partial charge is 0.435 e. The normalized spacial score (nSPS) is 19.6. The van der Waals surface area contributed by atoms with Crippen molar-refractivity contribution in [1.29, 1.82) is 0 Å². The Balaban J connectivity index is 2.05. The van der Waals surface area contributed by atoms with Gasteiger partial charge in [-0.3, -0.25) is 14.4 Å². The lowest BCUT2D eigenvalue weighted by Gasteiger charge is -2.19. The standard InChI is InChI=1S/C20H25N5O6S/c1-11-15(18(28)22-10-9-14(26)30-3)32-19(25(11)2)24-17(27)13-7-5-12(6-8-13)16(21)23-20(29)31-4/h5-8,11,15H,9-10H2,1-4H3,(H,22,28)(H2,21,23,29). The van der Waals surface area contributed by atoms with E-state index in [1.165, 1.54) is 38.1 Å². The SMILES string of the molecule is COC(=O)CCNC(=O)C1SC(=NC(=O)c2ccc(C(N)=NC(=O)OC)cc2)N(C)C1C. The lowest BCUT2D eigenvalue weighted by atomic mass is 10.1. The summed E-state index contributed by atoms with van der Waals surface area (Å²) in [5, 5.41) is 2.62. The topological polar surface area (TPSA) is 153 Å². The van der Waals surface area contributed by atoms with Crippen molar-refractivity contribution in [3.8, 4) is 0 Å². The van der Waals surface area contributed by atoms with Gasteiger partial charge in [0.1, 0.15) is 11.1 Å². The van der Waals surface area contributed by atoms with Crippen LogP contribution in [-0.4, -0.2) is 78.9 Å². The summed E-state index contributed by atoms with van der Waals surface area (Å²) < 4.78 is 8.97. The van der Waals surface area contributed by atoms with Crippen LogP contribution in [0.4, 0.5) is 4.79 Å². The van der Waals surface area contributed by atoms with Crippen LogP contribution in [0.2, 0.25) is 0 Å². The highest BCUT2D eigenvalue weighted by Crippen LogP contribution is 2.31. The molecule has 11 nitrogen and oxygen atoms in total. The Labute approximate surface area is 189 Å². The van der Waals surface area contributed by atoms with Crippen molar-refractivity contribution in [3.63, 3.8) is 0 Å². The zero-order valence-electron chi connectivity index (χ0n) is 18.2. The molecule has 1 aliphatic heterocycles.